The largest absolute Gasteiger partial charge is 0.381 e. The maximum atomic E-state index is 9.11. The van der Waals surface area contributed by atoms with Gasteiger partial charge in [0.1, 0.15) is 6.07 Å². The summed E-state index contributed by atoms with van der Waals surface area (Å²) in [5.41, 5.74) is 2.66. The SMILES string of the molecule is Cc1cccc(NCC2CCC(C)O2)c1C#N. The second-order valence-electron chi connectivity index (χ2n) is 4.64. The van der Waals surface area contributed by atoms with Crippen molar-refractivity contribution >= 4 is 5.69 Å². The van der Waals surface area contributed by atoms with Gasteiger partial charge < -0.3 is 10.1 Å². The van der Waals surface area contributed by atoms with Crippen LogP contribution < -0.4 is 5.32 Å². The van der Waals surface area contributed by atoms with Gasteiger partial charge in [-0.3, -0.25) is 0 Å². The topological polar surface area (TPSA) is 45.0 Å². The van der Waals surface area contributed by atoms with E-state index in [2.05, 4.69) is 18.3 Å². The summed E-state index contributed by atoms with van der Waals surface area (Å²) in [6.07, 6.45) is 2.87. The van der Waals surface area contributed by atoms with Crippen molar-refractivity contribution < 1.29 is 4.74 Å². The van der Waals surface area contributed by atoms with E-state index in [0.29, 0.717) is 6.10 Å². The summed E-state index contributed by atoms with van der Waals surface area (Å²) in [6, 6.07) is 8.12. The molecule has 1 aliphatic heterocycles. The lowest BCUT2D eigenvalue weighted by atomic mass is 10.1. The summed E-state index contributed by atoms with van der Waals surface area (Å²) < 4.78 is 5.74. The normalized spacial score (nSPS) is 23.4. The second-order valence-corrected chi connectivity index (χ2v) is 4.64. The molecule has 0 saturated carbocycles. The fourth-order valence-corrected chi connectivity index (χ4v) is 2.22. The van der Waals surface area contributed by atoms with Gasteiger partial charge in [0.25, 0.3) is 0 Å². The van der Waals surface area contributed by atoms with Crippen molar-refractivity contribution in [3.8, 4) is 6.07 Å². The minimum atomic E-state index is 0.275. The predicted octanol–water partition coefficient (Wildman–Crippen LogP) is 2.85. The average Bonchev–Trinajstić information content (AvgIpc) is 2.72. The molecule has 1 fully saturated rings. The summed E-state index contributed by atoms with van der Waals surface area (Å²) in [6.45, 7) is 4.84. The number of rotatable bonds is 3. The van der Waals surface area contributed by atoms with Gasteiger partial charge in [-0.25, -0.2) is 0 Å². The zero-order chi connectivity index (χ0) is 12.3. The first-order chi connectivity index (χ1) is 8.20. The standard InChI is InChI=1S/C14H18N2O/c1-10-4-3-5-14(13(10)8-15)16-9-12-7-6-11(2)17-12/h3-5,11-12,16H,6-7,9H2,1-2H3. The van der Waals surface area contributed by atoms with Gasteiger partial charge >= 0.3 is 0 Å². The highest BCUT2D eigenvalue weighted by Gasteiger charge is 2.21. The number of ether oxygens (including phenoxy) is 1. The van der Waals surface area contributed by atoms with Gasteiger partial charge in [-0.1, -0.05) is 12.1 Å². The molecular weight excluding hydrogens is 212 g/mol. The number of hydrogen-bond acceptors (Lipinski definition) is 3. The molecule has 3 nitrogen and oxygen atoms in total. The van der Waals surface area contributed by atoms with Crippen LogP contribution in [-0.2, 0) is 4.74 Å². The first-order valence-corrected chi connectivity index (χ1v) is 6.09. The van der Waals surface area contributed by atoms with Crippen LogP contribution in [0.2, 0.25) is 0 Å². The minimum Gasteiger partial charge on any atom is -0.381 e. The number of benzene rings is 1. The molecule has 1 aromatic carbocycles. The Morgan fingerprint density at radius 3 is 2.94 bits per heavy atom. The molecule has 0 bridgehead atoms. The molecule has 1 heterocycles. The molecule has 0 spiro atoms. The Bertz CT molecular complexity index is 436. The van der Waals surface area contributed by atoms with Crippen molar-refractivity contribution in [1.82, 2.24) is 0 Å². The number of aryl methyl sites for hydroxylation is 1. The predicted molar refractivity (Wildman–Crippen MR) is 68.0 cm³/mol. The van der Waals surface area contributed by atoms with E-state index in [1.54, 1.807) is 0 Å². The Morgan fingerprint density at radius 1 is 1.47 bits per heavy atom. The summed E-state index contributed by atoms with van der Waals surface area (Å²) in [7, 11) is 0. The molecule has 2 atom stereocenters. The zero-order valence-corrected chi connectivity index (χ0v) is 10.4. The molecule has 0 amide bonds. The maximum Gasteiger partial charge on any atom is 0.102 e. The van der Waals surface area contributed by atoms with Crippen LogP contribution in [0.1, 0.15) is 30.9 Å². The first kappa shape index (κ1) is 11.9. The van der Waals surface area contributed by atoms with Crippen LogP contribution in [0.3, 0.4) is 0 Å². The lowest BCUT2D eigenvalue weighted by Crippen LogP contribution is -2.20. The van der Waals surface area contributed by atoms with E-state index >= 15 is 0 Å². The highest BCUT2D eigenvalue weighted by molar-refractivity contribution is 5.60. The van der Waals surface area contributed by atoms with Gasteiger partial charge in [-0.05, 0) is 38.3 Å². The molecular formula is C14H18N2O. The molecule has 0 aliphatic carbocycles. The average molecular weight is 230 g/mol. The smallest absolute Gasteiger partial charge is 0.102 e. The third-order valence-electron chi connectivity index (χ3n) is 3.22. The van der Waals surface area contributed by atoms with Crippen molar-refractivity contribution in [2.75, 3.05) is 11.9 Å². The third-order valence-corrected chi connectivity index (χ3v) is 3.22. The highest BCUT2D eigenvalue weighted by atomic mass is 16.5. The van der Waals surface area contributed by atoms with Crippen LogP contribution in [0.15, 0.2) is 18.2 Å². The monoisotopic (exact) mass is 230 g/mol. The molecule has 0 aromatic heterocycles. The maximum absolute atomic E-state index is 9.11. The molecule has 1 aromatic rings. The quantitative estimate of drug-likeness (QED) is 0.868. The summed E-state index contributed by atoms with van der Waals surface area (Å²) in [4.78, 5) is 0. The van der Waals surface area contributed by atoms with E-state index in [-0.39, 0.29) is 6.10 Å². The van der Waals surface area contributed by atoms with E-state index in [1.807, 2.05) is 25.1 Å². The van der Waals surface area contributed by atoms with Gasteiger partial charge in [-0.2, -0.15) is 5.26 Å². The van der Waals surface area contributed by atoms with Crippen molar-refractivity contribution in [2.45, 2.75) is 38.9 Å². The molecule has 0 radical (unpaired) electrons. The van der Waals surface area contributed by atoms with Crippen LogP contribution in [0.4, 0.5) is 5.69 Å². The number of anilines is 1. The molecule has 1 aliphatic rings. The fourth-order valence-electron chi connectivity index (χ4n) is 2.22. The van der Waals surface area contributed by atoms with Crippen molar-refractivity contribution in [3.63, 3.8) is 0 Å². The Hall–Kier alpha value is -1.53. The molecule has 3 heteroatoms. The Morgan fingerprint density at radius 2 is 2.29 bits per heavy atom. The molecule has 2 rings (SSSR count). The number of nitrogens with one attached hydrogen (secondary N) is 1. The van der Waals surface area contributed by atoms with Crippen molar-refractivity contribution in [3.05, 3.63) is 29.3 Å². The summed E-state index contributed by atoms with van der Waals surface area (Å²) in [5.74, 6) is 0. The molecule has 1 saturated heterocycles. The lowest BCUT2D eigenvalue weighted by Gasteiger charge is -2.14. The van der Waals surface area contributed by atoms with Crippen LogP contribution in [0.5, 0.6) is 0 Å². The fraction of sp³-hybridized carbons (Fsp3) is 0.500. The van der Waals surface area contributed by atoms with Crippen LogP contribution in [0, 0.1) is 18.3 Å². The molecule has 1 N–H and O–H groups in total. The molecule has 90 valence electrons. The Labute approximate surface area is 102 Å². The van der Waals surface area contributed by atoms with Gasteiger partial charge in [-0.15, -0.1) is 0 Å². The van der Waals surface area contributed by atoms with Gasteiger partial charge in [0.15, 0.2) is 0 Å². The van der Waals surface area contributed by atoms with Crippen LogP contribution in [-0.4, -0.2) is 18.8 Å². The Balaban J connectivity index is 2.00. The van der Waals surface area contributed by atoms with Gasteiger partial charge in [0, 0.05) is 6.54 Å². The van der Waals surface area contributed by atoms with Crippen LogP contribution in [0.25, 0.3) is 0 Å². The van der Waals surface area contributed by atoms with Crippen molar-refractivity contribution in [2.24, 2.45) is 0 Å². The molecule has 2 unspecified atom stereocenters. The second kappa shape index (κ2) is 5.20. The van der Waals surface area contributed by atoms with Crippen LogP contribution >= 0.6 is 0 Å². The molecule has 17 heavy (non-hydrogen) atoms. The zero-order valence-electron chi connectivity index (χ0n) is 10.4. The number of nitrogens with zero attached hydrogens (tertiary/aromatic N) is 1. The first-order valence-electron chi connectivity index (χ1n) is 6.09. The number of nitriles is 1. The minimum absolute atomic E-state index is 0.275. The lowest BCUT2D eigenvalue weighted by molar-refractivity contribution is 0.0637. The third kappa shape index (κ3) is 2.78. The number of hydrogen-bond donors (Lipinski definition) is 1. The van der Waals surface area contributed by atoms with E-state index in [4.69, 9.17) is 10.00 Å². The van der Waals surface area contributed by atoms with E-state index < -0.39 is 0 Å². The summed E-state index contributed by atoms with van der Waals surface area (Å²) in [5, 5.41) is 12.4. The van der Waals surface area contributed by atoms with E-state index in [1.165, 1.54) is 0 Å². The van der Waals surface area contributed by atoms with Gasteiger partial charge in [0.05, 0.1) is 23.5 Å². The van der Waals surface area contributed by atoms with E-state index in [0.717, 1.165) is 36.2 Å². The Kier molecular flexibility index (Phi) is 3.65. The highest BCUT2D eigenvalue weighted by Crippen LogP contribution is 2.22. The summed E-state index contributed by atoms with van der Waals surface area (Å²) >= 11 is 0. The van der Waals surface area contributed by atoms with Crippen molar-refractivity contribution in [1.29, 1.82) is 5.26 Å². The van der Waals surface area contributed by atoms with E-state index in [9.17, 15) is 0 Å². The van der Waals surface area contributed by atoms with Gasteiger partial charge in [0.2, 0.25) is 0 Å².